The maximum atomic E-state index is 13.1. The quantitative estimate of drug-likeness (QED) is 0.852. The van der Waals surface area contributed by atoms with E-state index < -0.39 is 0 Å². The Morgan fingerprint density at radius 2 is 1.92 bits per heavy atom. The van der Waals surface area contributed by atoms with Gasteiger partial charge in [0, 0.05) is 31.0 Å². The Morgan fingerprint density at radius 3 is 2.75 bits per heavy atom. The predicted molar refractivity (Wildman–Crippen MR) is 94.5 cm³/mol. The summed E-state index contributed by atoms with van der Waals surface area (Å²) in [7, 11) is 0. The average molecular weight is 322 g/mol. The van der Waals surface area contributed by atoms with E-state index in [1.54, 1.807) is 12.3 Å². The van der Waals surface area contributed by atoms with Crippen LogP contribution >= 0.6 is 0 Å². The lowest BCUT2D eigenvalue weighted by atomic mass is 10.1. The van der Waals surface area contributed by atoms with Crippen molar-refractivity contribution < 1.29 is 4.79 Å². The number of piperidine rings is 1. The summed E-state index contributed by atoms with van der Waals surface area (Å²) in [5, 5.41) is 0. The van der Waals surface area contributed by atoms with Gasteiger partial charge >= 0.3 is 0 Å². The van der Waals surface area contributed by atoms with Crippen LogP contribution in [-0.2, 0) is 6.42 Å². The SMILES string of the molecule is CC1Cc2ccccc2N1C(=O)c1ccnc(N2CCCCC2)n1. The van der Waals surface area contributed by atoms with Crippen LogP contribution in [0, 0.1) is 0 Å². The van der Waals surface area contributed by atoms with Crippen molar-refractivity contribution in [1.82, 2.24) is 9.97 Å². The molecule has 2 aliphatic heterocycles. The van der Waals surface area contributed by atoms with Gasteiger partial charge in [-0.15, -0.1) is 0 Å². The standard InChI is InChI=1S/C19H22N4O/c1-14-13-15-7-3-4-8-17(15)23(14)18(24)16-9-10-20-19(21-16)22-11-5-2-6-12-22/h3-4,7-10,14H,2,5-6,11-13H2,1H3. The number of para-hydroxylation sites is 1. The molecule has 2 aromatic rings. The van der Waals surface area contributed by atoms with Crippen molar-refractivity contribution in [2.24, 2.45) is 0 Å². The number of carbonyl (C=O) groups excluding carboxylic acids is 1. The Balaban J connectivity index is 1.63. The molecule has 0 bridgehead atoms. The first-order valence-corrected chi connectivity index (χ1v) is 8.73. The molecule has 0 saturated carbocycles. The molecule has 1 saturated heterocycles. The first-order valence-electron chi connectivity index (χ1n) is 8.73. The molecular formula is C19H22N4O. The molecule has 1 amide bonds. The Kier molecular flexibility index (Phi) is 3.92. The molecule has 0 N–H and O–H groups in total. The van der Waals surface area contributed by atoms with E-state index in [9.17, 15) is 4.79 Å². The fourth-order valence-electron chi connectivity index (χ4n) is 3.71. The highest BCUT2D eigenvalue weighted by Gasteiger charge is 2.32. The fraction of sp³-hybridized carbons (Fsp3) is 0.421. The highest BCUT2D eigenvalue weighted by molar-refractivity contribution is 6.06. The molecule has 5 heteroatoms. The number of amides is 1. The molecule has 1 atom stereocenters. The Hall–Kier alpha value is -2.43. The summed E-state index contributed by atoms with van der Waals surface area (Å²) in [5.74, 6) is 0.647. The van der Waals surface area contributed by atoms with Gasteiger partial charge in [-0.05, 0) is 50.3 Å². The molecule has 1 unspecified atom stereocenters. The molecule has 0 aliphatic carbocycles. The van der Waals surface area contributed by atoms with E-state index >= 15 is 0 Å². The van der Waals surface area contributed by atoms with Gasteiger partial charge in [0.1, 0.15) is 5.69 Å². The summed E-state index contributed by atoms with van der Waals surface area (Å²) in [6, 6.07) is 10.0. The predicted octanol–water partition coefficient (Wildman–Crippen LogP) is 3.06. The van der Waals surface area contributed by atoms with E-state index in [2.05, 4.69) is 27.9 Å². The van der Waals surface area contributed by atoms with Crippen LogP contribution in [0.1, 0.15) is 42.2 Å². The van der Waals surface area contributed by atoms with Crippen LogP contribution in [0.15, 0.2) is 36.5 Å². The lowest BCUT2D eigenvalue weighted by molar-refractivity contribution is 0.0976. The van der Waals surface area contributed by atoms with Gasteiger partial charge in [0.2, 0.25) is 5.95 Å². The van der Waals surface area contributed by atoms with Crippen molar-refractivity contribution in [1.29, 1.82) is 0 Å². The van der Waals surface area contributed by atoms with E-state index in [1.807, 2.05) is 23.1 Å². The zero-order chi connectivity index (χ0) is 16.5. The normalized spacial score (nSPS) is 20.1. The zero-order valence-corrected chi connectivity index (χ0v) is 14.0. The first-order chi connectivity index (χ1) is 11.7. The van der Waals surface area contributed by atoms with Crippen molar-refractivity contribution in [2.45, 2.75) is 38.6 Å². The monoisotopic (exact) mass is 322 g/mol. The molecule has 1 aromatic carbocycles. The van der Waals surface area contributed by atoms with Gasteiger partial charge in [-0.25, -0.2) is 9.97 Å². The molecule has 1 aromatic heterocycles. The number of fused-ring (bicyclic) bond motifs is 1. The van der Waals surface area contributed by atoms with Crippen molar-refractivity contribution in [2.75, 3.05) is 22.9 Å². The number of carbonyl (C=O) groups is 1. The summed E-state index contributed by atoms with van der Waals surface area (Å²) in [5.41, 5.74) is 2.71. The minimum absolute atomic E-state index is 0.0342. The maximum Gasteiger partial charge on any atom is 0.277 e. The van der Waals surface area contributed by atoms with Crippen LogP contribution in [0.2, 0.25) is 0 Å². The van der Waals surface area contributed by atoms with Crippen LogP contribution in [-0.4, -0.2) is 35.0 Å². The summed E-state index contributed by atoms with van der Waals surface area (Å²) < 4.78 is 0. The minimum atomic E-state index is -0.0342. The smallest absolute Gasteiger partial charge is 0.277 e. The van der Waals surface area contributed by atoms with Crippen LogP contribution in [0.3, 0.4) is 0 Å². The van der Waals surface area contributed by atoms with Crippen LogP contribution in [0.25, 0.3) is 0 Å². The molecule has 0 radical (unpaired) electrons. The maximum absolute atomic E-state index is 13.1. The number of benzene rings is 1. The van der Waals surface area contributed by atoms with E-state index in [4.69, 9.17) is 0 Å². The molecule has 24 heavy (non-hydrogen) atoms. The number of anilines is 2. The molecule has 3 heterocycles. The first kappa shape index (κ1) is 15.1. The van der Waals surface area contributed by atoms with E-state index in [1.165, 1.54) is 12.0 Å². The summed E-state index contributed by atoms with van der Waals surface area (Å²) in [4.78, 5) is 26.1. The van der Waals surface area contributed by atoms with Gasteiger partial charge in [0.05, 0.1) is 0 Å². The van der Waals surface area contributed by atoms with Crippen LogP contribution in [0.4, 0.5) is 11.6 Å². The average Bonchev–Trinajstić information content (AvgIpc) is 2.97. The van der Waals surface area contributed by atoms with Gasteiger partial charge in [0.25, 0.3) is 5.91 Å². The highest BCUT2D eigenvalue weighted by atomic mass is 16.2. The second-order valence-corrected chi connectivity index (χ2v) is 6.65. The number of nitrogens with zero attached hydrogens (tertiary/aromatic N) is 4. The molecule has 124 valence electrons. The number of hydrogen-bond acceptors (Lipinski definition) is 4. The van der Waals surface area contributed by atoms with Crippen LogP contribution < -0.4 is 9.80 Å². The molecule has 0 spiro atoms. The van der Waals surface area contributed by atoms with E-state index in [-0.39, 0.29) is 11.9 Å². The minimum Gasteiger partial charge on any atom is -0.341 e. The molecule has 2 aliphatic rings. The summed E-state index contributed by atoms with van der Waals surface area (Å²) >= 11 is 0. The third kappa shape index (κ3) is 2.64. The van der Waals surface area contributed by atoms with Crippen molar-refractivity contribution in [3.8, 4) is 0 Å². The molecule has 5 nitrogen and oxygen atoms in total. The second kappa shape index (κ2) is 6.23. The number of aromatic nitrogens is 2. The Labute approximate surface area is 142 Å². The lowest BCUT2D eigenvalue weighted by Crippen LogP contribution is -2.37. The van der Waals surface area contributed by atoms with Crippen molar-refractivity contribution in [3.63, 3.8) is 0 Å². The Morgan fingerprint density at radius 1 is 1.12 bits per heavy atom. The second-order valence-electron chi connectivity index (χ2n) is 6.65. The summed E-state index contributed by atoms with van der Waals surface area (Å²) in [6.07, 6.45) is 6.19. The summed E-state index contributed by atoms with van der Waals surface area (Å²) in [6.45, 7) is 4.03. The van der Waals surface area contributed by atoms with E-state index in [0.29, 0.717) is 11.6 Å². The van der Waals surface area contributed by atoms with Gasteiger partial charge < -0.3 is 9.80 Å². The number of hydrogen-bond donors (Lipinski definition) is 0. The van der Waals surface area contributed by atoms with E-state index in [0.717, 1.165) is 38.0 Å². The van der Waals surface area contributed by atoms with Crippen molar-refractivity contribution in [3.05, 3.63) is 47.8 Å². The van der Waals surface area contributed by atoms with Gasteiger partial charge in [-0.3, -0.25) is 4.79 Å². The van der Waals surface area contributed by atoms with Crippen LogP contribution in [0.5, 0.6) is 0 Å². The highest BCUT2D eigenvalue weighted by Crippen LogP contribution is 2.32. The van der Waals surface area contributed by atoms with Gasteiger partial charge in [-0.2, -0.15) is 0 Å². The number of rotatable bonds is 2. The third-order valence-corrected chi connectivity index (χ3v) is 4.93. The molecule has 1 fully saturated rings. The zero-order valence-electron chi connectivity index (χ0n) is 14.0. The molecule has 4 rings (SSSR count). The topological polar surface area (TPSA) is 49.3 Å². The third-order valence-electron chi connectivity index (χ3n) is 4.93. The van der Waals surface area contributed by atoms with Gasteiger partial charge in [0.15, 0.2) is 0 Å². The van der Waals surface area contributed by atoms with Gasteiger partial charge in [-0.1, -0.05) is 18.2 Å². The largest absolute Gasteiger partial charge is 0.341 e. The Bertz CT molecular complexity index is 755. The lowest BCUT2D eigenvalue weighted by Gasteiger charge is -2.27. The molecular weight excluding hydrogens is 300 g/mol. The fourth-order valence-corrected chi connectivity index (χ4v) is 3.71. The van der Waals surface area contributed by atoms with Crippen molar-refractivity contribution >= 4 is 17.5 Å².